The highest BCUT2D eigenvalue weighted by Gasteiger charge is 2.62. The van der Waals surface area contributed by atoms with Crippen molar-refractivity contribution >= 4 is 35.0 Å². The molecule has 2 heterocycles. The van der Waals surface area contributed by atoms with Gasteiger partial charge in [0.2, 0.25) is 5.91 Å². The van der Waals surface area contributed by atoms with Crippen molar-refractivity contribution < 1.29 is 37.8 Å². The van der Waals surface area contributed by atoms with Gasteiger partial charge in [-0.1, -0.05) is 29.8 Å². The first-order valence-electron chi connectivity index (χ1n) is 13.8. The highest BCUT2D eigenvalue weighted by atomic mass is 35.5. The molecule has 3 aliphatic carbocycles. The summed E-state index contributed by atoms with van der Waals surface area (Å²) in [4.78, 5) is 39.8. The van der Waals surface area contributed by atoms with Crippen molar-refractivity contribution in [3.8, 4) is 0 Å². The molecule has 0 bridgehead atoms. The Labute approximate surface area is 238 Å². The number of aliphatic hydroxyl groups is 1. The molecule has 1 aliphatic heterocycles. The molecule has 0 radical (unpaired) electrons. The average molecular weight is 592 g/mol. The predicted molar refractivity (Wildman–Crippen MR) is 141 cm³/mol. The summed E-state index contributed by atoms with van der Waals surface area (Å²) in [5, 5.41) is 24.3. The number of hydrogen-bond donors (Lipinski definition) is 2. The Morgan fingerprint density at radius 1 is 1.05 bits per heavy atom. The number of amides is 1. The lowest BCUT2D eigenvalue weighted by Gasteiger charge is -2.48. The molecule has 2 N–H and O–H groups in total. The molecule has 2 aromatic rings. The number of rotatable bonds is 5. The number of carbonyl (C=O) groups excluding carboxylic acids is 2. The van der Waals surface area contributed by atoms with Crippen LogP contribution in [0.25, 0.3) is 5.57 Å². The van der Waals surface area contributed by atoms with Crippen LogP contribution in [0.5, 0.6) is 0 Å². The van der Waals surface area contributed by atoms with Crippen LogP contribution in [0.15, 0.2) is 24.3 Å². The summed E-state index contributed by atoms with van der Waals surface area (Å²) in [5.74, 6) is -2.73. The molecule has 1 saturated heterocycles. The number of carbonyl (C=O) groups is 3. The Balaban J connectivity index is 1.34. The van der Waals surface area contributed by atoms with Gasteiger partial charge in [-0.2, -0.15) is 23.0 Å². The lowest BCUT2D eigenvalue weighted by molar-refractivity contribution is -0.298. The Morgan fingerprint density at radius 3 is 2.37 bits per heavy atom. The van der Waals surface area contributed by atoms with E-state index in [9.17, 15) is 37.8 Å². The number of benzene rings is 1. The van der Waals surface area contributed by atoms with E-state index in [1.807, 2.05) is 12.1 Å². The van der Waals surface area contributed by atoms with Crippen LogP contribution in [0.1, 0.15) is 77.3 Å². The van der Waals surface area contributed by atoms with E-state index in [4.69, 9.17) is 16.7 Å². The normalized spacial score (nSPS) is 23.8. The van der Waals surface area contributed by atoms with Crippen molar-refractivity contribution in [1.82, 2.24) is 14.7 Å². The summed E-state index contributed by atoms with van der Waals surface area (Å²) < 4.78 is 40.8. The minimum Gasteiger partial charge on any atom is -0.481 e. The Morgan fingerprint density at radius 2 is 1.76 bits per heavy atom. The van der Waals surface area contributed by atoms with Crippen LogP contribution in [-0.4, -0.2) is 67.5 Å². The van der Waals surface area contributed by atoms with E-state index < -0.39 is 54.5 Å². The fourth-order valence-electron chi connectivity index (χ4n) is 6.31. The molecule has 1 amide bonds. The molecule has 12 heteroatoms. The van der Waals surface area contributed by atoms with Gasteiger partial charge in [0.15, 0.2) is 5.60 Å². The number of fused-ring (bicyclic) bond motifs is 1. The number of allylic oxidation sites excluding steroid dienone is 2. The summed E-state index contributed by atoms with van der Waals surface area (Å²) in [7, 11) is 0. The first-order valence-corrected chi connectivity index (χ1v) is 14.2. The third-order valence-corrected chi connectivity index (χ3v) is 9.21. The smallest absolute Gasteiger partial charge is 0.420 e. The van der Waals surface area contributed by atoms with E-state index in [1.54, 1.807) is 12.1 Å². The fourth-order valence-corrected chi connectivity index (χ4v) is 6.57. The second-order valence-corrected chi connectivity index (χ2v) is 12.1. The van der Waals surface area contributed by atoms with Crippen LogP contribution < -0.4 is 0 Å². The van der Waals surface area contributed by atoms with Gasteiger partial charge in [0.1, 0.15) is 0 Å². The molecular formula is C29H29ClF3N3O5. The van der Waals surface area contributed by atoms with Gasteiger partial charge in [-0.25, -0.2) is 0 Å². The highest BCUT2D eigenvalue weighted by molar-refractivity contribution is 6.34. The molecule has 6 rings (SSSR count). The van der Waals surface area contributed by atoms with Crippen LogP contribution in [0.2, 0.25) is 5.02 Å². The summed E-state index contributed by atoms with van der Waals surface area (Å²) in [5.41, 5.74) is 1.03. The predicted octanol–water partition coefficient (Wildman–Crippen LogP) is 4.61. The Bertz CT molecular complexity index is 1470. The van der Waals surface area contributed by atoms with Crippen LogP contribution in [0.3, 0.4) is 0 Å². The van der Waals surface area contributed by atoms with E-state index in [2.05, 4.69) is 0 Å². The molecule has 2 atom stereocenters. The van der Waals surface area contributed by atoms with Gasteiger partial charge < -0.3 is 15.1 Å². The second kappa shape index (κ2) is 9.97. The maximum absolute atomic E-state index is 14.1. The van der Waals surface area contributed by atoms with Gasteiger partial charge in [-0.15, -0.1) is 0 Å². The van der Waals surface area contributed by atoms with Gasteiger partial charge >= 0.3 is 12.1 Å². The van der Waals surface area contributed by atoms with Crippen LogP contribution in [0.4, 0.5) is 13.2 Å². The largest absolute Gasteiger partial charge is 0.481 e. The zero-order valence-corrected chi connectivity index (χ0v) is 22.8. The van der Waals surface area contributed by atoms with Gasteiger partial charge in [-0.3, -0.25) is 14.4 Å². The van der Waals surface area contributed by atoms with Crippen LogP contribution in [0, 0.1) is 11.8 Å². The van der Waals surface area contributed by atoms with Crippen molar-refractivity contribution in [3.63, 3.8) is 0 Å². The number of hydrogen-bond acceptors (Lipinski definition) is 5. The van der Waals surface area contributed by atoms with Gasteiger partial charge in [0.25, 0.3) is 5.91 Å². The number of nitrogens with zero attached hydrogens (tertiary/aromatic N) is 3. The fraction of sp³-hybridized carbons (Fsp3) is 0.517. The lowest BCUT2D eigenvalue weighted by Crippen LogP contribution is -2.71. The average Bonchev–Trinajstić information content (AvgIpc) is 3.70. The van der Waals surface area contributed by atoms with Gasteiger partial charge in [-0.05, 0) is 68.1 Å². The molecule has 4 aliphatic rings. The SMILES string of the molecule is O=C(O)C1CC=C(c2nn(C(=O)c3c(Cl)cccc3C3CC3)c3c2CCC(C(=O)N2CC(O)(C(F)(F)F)C2)C3)CC1. The third kappa shape index (κ3) is 4.86. The molecule has 1 aromatic heterocycles. The summed E-state index contributed by atoms with van der Waals surface area (Å²) in [6, 6.07) is 5.32. The van der Waals surface area contributed by atoms with E-state index in [-0.39, 0.29) is 12.3 Å². The number of aliphatic carboxylic acids is 1. The standard InChI is InChI=1S/C29H29ClF3N3O5/c30-21-3-1-2-19(15-4-5-15)23(21)26(38)36-22-12-18(25(37)35-13-28(41,14-35)29(31,32)33)10-11-20(22)24(34-36)16-6-8-17(9-7-16)27(39)40/h1-3,6,15,17-18,41H,4-5,7-14H2,(H,39,40). The van der Waals surface area contributed by atoms with Crippen molar-refractivity contribution in [2.75, 3.05) is 13.1 Å². The lowest BCUT2D eigenvalue weighted by atomic mass is 9.81. The molecule has 2 unspecified atom stereocenters. The zero-order chi connectivity index (χ0) is 29.3. The number of halogens is 4. The van der Waals surface area contributed by atoms with E-state index >= 15 is 0 Å². The quantitative estimate of drug-likeness (QED) is 0.525. The summed E-state index contributed by atoms with van der Waals surface area (Å²) in [6.45, 7) is -1.63. The maximum Gasteiger partial charge on any atom is 0.420 e. The highest BCUT2D eigenvalue weighted by Crippen LogP contribution is 2.44. The molecule has 8 nitrogen and oxygen atoms in total. The van der Waals surface area contributed by atoms with Crippen molar-refractivity contribution in [2.45, 2.75) is 69.1 Å². The third-order valence-electron chi connectivity index (χ3n) is 8.90. The zero-order valence-electron chi connectivity index (χ0n) is 22.1. The summed E-state index contributed by atoms with van der Waals surface area (Å²) in [6.07, 6.45) is 0.982. The monoisotopic (exact) mass is 591 g/mol. The second-order valence-electron chi connectivity index (χ2n) is 11.7. The van der Waals surface area contributed by atoms with E-state index in [0.29, 0.717) is 54.1 Å². The van der Waals surface area contributed by atoms with Crippen molar-refractivity contribution in [2.24, 2.45) is 11.8 Å². The van der Waals surface area contributed by atoms with E-state index in [1.165, 1.54) is 4.68 Å². The topological polar surface area (TPSA) is 113 Å². The number of alkyl halides is 3. The number of β-amino-alcohol motifs (C(OH)–C–C–N with tert-alkyl or cyclic N) is 1. The molecule has 0 spiro atoms. The number of aromatic nitrogens is 2. The minimum atomic E-state index is -4.83. The maximum atomic E-state index is 14.1. The summed E-state index contributed by atoms with van der Waals surface area (Å²) >= 11 is 6.54. The molecule has 1 aromatic carbocycles. The van der Waals surface area contributed by atoms with Gasteiger partial charge in [0.05, 0.1) is 41.0 Å². The Kier molecular flexibility index (Phi) is 6.80. The van der Waals surface area contributed by atoms with Gasteiger partial charge in [0, 0.05) is 17.9 Å². The minimum absolute atomic E-state index is 0.0993. The van der Waals surface area contributed by atoms with Crippen molar-refractivity contribution in [1.29, 1.82) is 0 Å². The number of carboxylic acid groups (broad SMARTS) is 1. The first-order chi connectivity index (χ1) is 19.4. The number of carboxylic acids is 1. The number of likely N-dealkylation sites (tertiary alicyclic amines) is 1. The first kappa shape index (κ1) is 28.0. The van der Waals surface area contributed by atoms with Crippen LogP contribution in [-0.2, 0) is 22.4 Å². The van der Waals surface area contributed by atoms with Crippen molar-refractivity contribution in [3.05, 3.63) is 57.4 Å². The molecule has 2 fully saturated rings. The van der Waals surface area contributed by atoms with Crippen LogP contribution >= 0.6 is 11.6 Å². The van der Waals surface area contributed by atoms with E-state index in [0.717, 1.165) is 34.4 Å². The molecule has 218 valence electrons. The molecular weight excluding hydrogens is 563 g/mol. The molecule has 41 heavy (non-hydrogen) atoms. The Hall–Kier alpha value is -3.18. The molecule has 1 saturated carbocycles.